The number of para-hydroxylation sites is 1. The van der Waals surface area contributed by atoms with Crippen molar-refractivity contribution in [3.05, 3.63) is 53.7 Å². The Bertz CT molecular complexity index is 971. The molecule has 140 valence electrons. The standard InChI is InChI=1S/C19H19N3O5/c1-25-15-8-11(9-16(26-2)17(15)27-3)18(23)21-22-19(24)13-10-20-14-7-5-4-6-12(13)14/h4-10,20H,1-3H3,(H,21,23)(H,22,24). The van der Waals surface area contributed by atoms with E-state index in [1.165, 1.54) is 33.5 Å². The average molecular weight is 369 g/mol. The molecule has 27 heavy (non-hydrogen) atoms. The number of carbonyl (C=O) groups excluding carboxylic acids is 2. The van der Waals surface area contributed by atoms with Crippen molar-refractivity contribution in [2.45, 2.75) is 0 Å². The lowest BCUT2D eigenvalue weighted by molar-refractivity contribution is 0.0847. The summed E-state index contributed by atoms with van der Waals surface area (Å²) >= 11 is 0. The largest absolute Gasteiger partial charge is 0.493 e. The number of hydrogen-bond acceptors (Lipinski definition) is 5. The number of hydrogen-bond donors (Lipinski definition) is 3. The monoisotopic (exact) mass is 369 g/mol. The van der Waals surface area contributed by atoms with Crippen molar-refractivity contribution in [2.24, 2.45) is 0 Å². The van der Waals surface area contributed by atoms with Gasteiger partial charge in [-0.15, -0.1) is 0 Å². The molecule has 0 saturated carbocycles. The van der Waals surface area contributed by atoms with Crippen molar-refractivity contribution in [3.63, 3.8) is 0 Å². The quantitative estimate of drug-likeness (QED) is 0.599. The van der Waals surface area contributed by atoms with E-state index in [0.29, 0.717) is 22.8 Å². The second-order valence-electron chi connectivity index (χ2n) is 5.57. The number of methoxy groups -OCH3 is 3. The van der Waals surface area contributed by atoms with Crippen molar-refractivity contribution in [1.82, 2.24) is 15.8 Å². The fraction of sp³-hybridized carbons (Fsp3) is 0.158. The van der Waals surface area contributed by atoms with Crippen LogP contribution in [0.5, 0.6) is 17.2 Å². The van der Waals surface area contributed by atoms with Crippen molar-refractivity contribution < 1.29 is 23.8 Å². The lowest BCUT2D eigenvalue weighted by Gasteiger charge is -2.14. The summed E-state index contributed by atoms with van der Waals surface area (Å²) in [6.45, 7) is 0. The molecule has 3 N–H and O–H groups in total. The predicted octanol–water partition coefficient (Wildman–Crippen LogP) is 2.27. The third kappa shape index (κ3) is 3.50. The van der Waals surface area contributed by atoms with Crippen LogP contribution < -0.4 is 25.1 Å². The molecule has 0 saturated heterocycles. The number of ether oxygens (including phenoxy) is 3. The number of rotatable bonds is 5. The molecule has 0 atom stereocenters. The summed E-state index contributed by atoms with van der Waals surface area (Å²) < 4.78 is 15.7. The highest BCUT2D eigenvalue weighted by Crippen LogP contribution is 2.38. The molecule has 0 fully saturated rings. The molecular weight excluding hydrogens is 350 g/mol. The molecule has 2 amide bonds. The lowest BCUT2D eigenvalue weighted by atomic mass is 10.1. The van der Waals surface area contributed by atoms with Gasteiger partial charge >= 0.3 is 0 Å². The number of H-pyrrole nitrogens is 1. The normalized spacial score (nSPS) is 10.3. The number of benzene rings is 2. The first-order chi connectivity index (χ1) is 13.1. The van der Waals surface area contributed by atoms with E-state index >= 15 is 0 Å². The van der Waals surface area contributed by atoms with Crippen molar-refractivity contribution in [3.8, 4) is 17.2 Å². The van der Waals surface area contributed by atoms with Crippen LogP contribution in [0.4, 0.5) is 0 Å². The average Bonchev–Trinajstić information content (AvgIpc) is 3.14. The van der Waals surface area contributed by atoms with Crippen LogP contribution in [0.25, 0.3) is 10.9 Å². The number of aromatic amines is 1. The van der Waals surface area contributed by atoms with E-state index < -0.39 is 11.8 Å². The second-order valence-corrected chi connectivity index (χ2v) is 5.57. The highest BCUT2D eigenvalue weighted by Gasteiger charge is 2.18. The van der Waals surface area contributed by atoms with Gasteiger partial charge in [0, 0.05) is 22.7 Å². The zero-order chi connectivity index (χ0) is 19.4. The smallest absolute Gasteiger partial charge is 0.271 e. The SMILES string of the molecule is COc1cc(C(=O)NNC(=O)c2c[nH]c3ccccc23)cc(OC)c1OC. The molecule has 0 radical (unpaired) electrons. The van der Waals surface area contributed by atoms with E-state index in [2.05, 4.69) is 15.8 Å². The summed E-state index contributed by atoms with van der Waals surface area (Å²) in [4.78, 5) is 27.8. The van der Waals surface area contributed by atoms with Gasteiger partial charge in [-0.25, -0.2) is 0 Å². The maximum Gasteiger partial charge on any atom is 0.271 e. The number of fused-ring (bicyclic) bond motifs is 1. The van der Waals surface area contributed by atoms with Crippen LogP contribution in [-0.2, 0) is 0 Å². The van der Waals surface area contributed by atoms with Crippen LogP contribution in [0.15, 0.2) is 42.6 Å². The van der Waals surface area contributed by atoms with E-state index in [1.807, 2.05) is 24.3 Å². The van der Waals surface area contributed by atoms with Gasteiger partial charge in [0.05, 0.1) is 26.9 Å². The van der Waals surface area contributed by atoms with Crippen LogP contribution in [0.1, 0.15) is 20.7 Å². The molecule has 8 nitrogen and oxygen atoms in total. The predicted molar refractivity (Wildman–Crippen MR) is 99.3 cm³/mol. The molecule has 0 bridgehead atoms. The Labute approximate surface area is 155 Å². The van der Waals surface area contributed by atoms with Crippen LogP contribution in [-0.4, -0.2) is 38.1 Å². The zero-order valence-electron chi connectivity index (χ0n) is 15.1. The summed E-state index contributed by atoms with van der Waals surface area (Å²) in [6.07, 6.45) is 1.59. The van der Waals surface area contributed by atoms with Crippen LogP contribution in [0, 0.1) is 0 Å². The molecule has 0 aliphatic rings. The first-order valence-corrected chi connectivity index (χ1v) is 8.05. The summed E-state index contributed by atoms with van der Waals surface area (Å²) in [5, 5.41) is 0.761. The van der Waals surface area contributed by atoms with Gasteiger partial charge in [0.25, 0.3) is 11.8 Å². The maximum absolute atomic E-state index is 12.4. The number of nitrogens with one attached hydrogen (secondary N) is 3. The Kier molecular flexibility index (Phi) is 5.16. The Morgan fingerprint density at radius 2 is 1.52 bits per heavy atom. The van der Waals surface area contributed by atoms with Gasteiger partial charge in [-0.2, -0.15) is 0 Å². The van der Waals surface area contributed by atoms with Gasteiger partial charge in [-0.1, -0.05) is 18.2 Å². The Hall–Kier alpha value is -3.68. The third-order valence-corrected chi connectivity index (χ3v) is 4.05. The number of aromatic nitrogens is 1. The highest BCUT2D eigenvalue weighted by atomic mass is 16.5. The van der Waals surface area contributed by atoms with Crippen molar-refractivity contribution in [1.29, 1.82) is 0 Å². The van der Waals surface area contributed by atoms with Crippen LogP contribution in [0.3, 0.4) is 0 Å². The van der Waals surface area contributed by atoms with Gasteiger partial charge in [0.2, 0.25) is 5.75 Å². The molecule has 0 unspecified atom stereocenters. The molecule has 3 rings (SSSR count). The van der Waals surface area contributed by atoms with Crippen molar-refractivity contribution >= 4 is 22.7 Å². The Balaban J connectivity index is 1.76. The molecule has 0 aliphatic heterocycles. The van der Waals surface area contributed by atoms with Gasteiger partial charge < -0.3 is 19.2 Å². The topological polar surface area (TPSA) is 102 Å². The van der Waals surface area contributed by atoms with Gasteiger partial charge in [-0.3, -0.25) is 20.4 Å². The number of carbonyl (C=O) groups is 2. The number of hydrazine groups is 1. The van der Waals surface area contributed by atoms with E-state index in [4.69, 9.17) is 14.2 Å². The minimum Gasteiger partial charge on any atom is -0.493 e. The van der Waals surface area contributed by atoms with E-state index in [0.717, 1.165) is 10.9 Å². The van der Waals surface area contributed by atoms with Crippen LogP contribution in [0.2, 0.25) is 0 Å². The first-order valence-electron chi connectivity index (χ1n) is 8.05. The molecular formula is C19H19N3O5. The molecule has 1 aromatic heterocycles. The summed E-state index contributed by atoms with van der Waals surface area (Å²) in [5.74, 6) is 0.0879. The van der Waals surface area contributed by atoms with E-state index in [9.17, 15) is 9.59 Å². The highest BCUT2D eigenvalue weighted by molar-refractivity contribution is 6.07. The van der Waals surface area contributed by atoms with Crippen molar-refractivity contribution in [2.75, 3.05) is 21.3 Å². The molecule has 1 heterocycles. The fourth-order valence-electron chi connectivity index (χ4n) is 2.72. The molecule has 2 aromatic carbocycles. The summed E-state index contributed by atoms with van der Waals surface area (Å²) in [6, 6.07) is 10.4. The van der Waals surface area contributed by atoms with Gasteiger partial charge in [0.1, 0.15) is 0 Å². The van der Waals surface area contributed by atoms with Crippen LogP contribution >= 0.6 is 0 Å². The van der Waals surface area contributed by atoms with Gasteiger partial charge in [0.15, 0.2) is 11.5 Å². The minimum absolute atomic E-state index is 0.240. The first kappa shape index (κ1) is 18.1. The Morgan fingerprint density at radius 3 is 2.15 bits per heavy atom. The molecule has 8 heteroatoms. The molecule has 0 spiro atoms. The Morgan fingerprint density at radius 1 is 0.889 bits per heavy atom. The third-order valence-electron chi connectivity index (χ3n) is 4.05. The lowest BCUT2D eigenvalue weighted by Crippen LogP contribution is -2.41. The molecule has 0 aliphatic carbocycles. The zero-order valence-corrected chi connectivity index (χ0v) is 15.1. The fourth-order valence-corrected chi connectivity index (χ4v) is 2.72. The summed E-state index contributed by atoms with van der Waals surface area (Å²) in [7, 11) is 4.39. The van der Waals surface area contributed by atoms with Gasteiger partial charge in [-0.05, 0) is 18.2 Å². The number of amides is 2. The molecule has 3 aromatic rings. The summed E-state index contributed by atoms with van der Waals surface area (Å²) in [5.41, 5.74) is 6.29. The van der Waals surface area contributed by atoms with E-state index in [-0.39, 0.29) is 5.56 Å². The second kappa shape index (κ2) is 7.69. The van der Waals surface area contributed by atoms with E-state index in [1.54, 1.807) is 6.20 Å². The minimum atomic E-state index is -0.526. The maximum atomic E-state index is 12.4.